The van der Waals surface area contributed by atoms with Gasteiger partial charge in [-0.25, -0.2) is 4.79 Å². The molecule has 0 unspecified atom stereocenters. The summed E-state index contributed by atoms with van der Waals surface area (Å²) in [7, 11) is 0. The molecule has 1 N–H and O–H groups in total. The van der Waals surface area contributed by atoms with Crippen LogP contribution < -0.4 is 10.1 Å². The SMILES string of the molecule is CCC(C)(C)C(=O)N[C@H]1CC[C@H](OC(=O)/C=C/c2ccc(OCCOC(C)(C)OCCC(F)(F)C(F)(F)C(F)(F)C(F)(F)F)cc2)CC1. The fraction of sp³-hybridized carbons (Fsp3) is 0.688. The second-order valence-corrected chi connectivity index (χ2v) is 12.6. The zero-order valence-corrected chi connectivity index (χ0v) is 27.3. The minimum atomic E-state index is -6.96. The molecule has 1 aromatic carbocycles. The molecule has 0 saturated heterocycles. The minimum Gasteiger partial charge on any atom is -0.491 e. The largest absolute Gasteiger partial charge is 0.491 e. The Balaban J connectivity index is 1.71. The molecule has 0 aromatic heterocycles. The number of hydrogen-bond acceptors (Lipinski definition) is 6. The van der Waals surface area contributed by atoms with Gasteiger partial charge >= 0.3 is 29.9 Å². The lowest BCUT2D eigenvalue weighted by atomic mass is 9.87. The summed E-state index contributed by atoms with van der Waals surface area (Å²) in [6, 6.07) is 6.52. The standard InChI is InChI=1S/C32H42F9NO6/c1-6-27(2,3)26(44)42-22-10-14-24(15-11-22)48-25(43)16-9-21-7-12-23(13-8-21)45-19-20-47-28(4,5)46-18-17-29(33,34)30(35,36)31(37,38)32(39,40)41/h7-9,12-13,16,22,24H,6,10-11,14-15,17-20H2,1-5H3,(H,42,44)/b16-9+/t22-,24-. The normalized spacial score (nSPS) is 18.5. The van der Waals surface area contributed by atoms with Gasteiger partial charge in [0.2, 0.25) is 5.91 Å². The quantitative estimate of drug-likeness (QED) is 0.0580. The number of halogens is 9. The summed E-state index contributed by atoms with van der Waals surface area (Å²) in [5, 5.41) is 3.07. The molecular formula is C32H42F9NO6. The topological polar surface area (TPSA) is 83.1 Å². The van der Waals surface area contributed by atoms with Gasteiger partial charge in [-0.1, -0.05) is 32.9 Å². The monoisotopic (exact) mass is 707 g/mol. The zero-order chi connectivity index (χ0) is 36.6. The van der Waals surface area contributed by atoms with Crippen molar-refractivity contribution in [1.82, 2.24) is 5.32 Å². The van der Waals surface area contributed by atoms with E-state index in [4.69, 9.17) is 18.9 Å². The van der Waals surface area contributed by atoms with Crippen LogP contribution in [-0.2, 0) is 23.8 Å². The van der Waals surface area contributed by atoms with Crippen molar-refractivity contribution >= 4 is 18.0 Å². The Hall–Kier alpha value is -3.01. The van der Waals surface area contributed by atoms with E-state index < -0.39 is 54.1 Å². The lowest BCUT2D eigenvalue weighted by molar-refractivity contribution is -0.398. The molecule has 16 heteroatoms. The highest BCUT2D eigenvalue weighted by atomic mass is 19.4. The van der Waals surface area contributed by atoms with Crippen LogP contribution in [0.3, 0.4) is 0 Å². The molecule has 0 radical (unpaired) electrons. The van der Waals surface area contributed by atoms with Gasteiger partial charge in [-0.2, -0.15) is 39.5 Å². The third-order valence-corrected chi connectivity index (χ3v) is 7.96. The number of carbonyl (C=O) groups excluding carboxylic acids is 2. The third-order valence-electron chi connectivity index (χ3n) is 7.96. The number of alkyl halides is 9. The van der Waals surface area contributed by atoms with Crippen molar-refractivity contribution in [1.29, 1.82) is 0 Å². The number of carbonyl (C=O) groups is 2. The summed E-state index contributed by atoms with van der Waals surface area (Å²) in [4.78, 5) is 24.7. The Morgan fingerprint density at radius 2 is 1.38 bits per heavy atom. The Morgan fingerprint density at radius 1 is 0.812 bits per heavy atom. The van der Waals surface area contributed by atoms with E-state index >= 15 is 0 Å². The zero-order valence-electron chi connectivity index (χ0n) is 27.3. The van der Waals surface area contributed by atoms with E-state index in [2.05, 4.69) is 5.32 Å². The average Bonchev–Trinajstić information content (AvgIpc) is 2.98. The van der Waals surface area contributed by atoms with Gasteiger partial charge in [-0.3, -0.25) is 4.79 Å². The molecule has 1 amide bonds. The molecular weight excluding hydrogens is 665 g/mol. The predicted octanol–water partition coefficient (Wildman–Crippen LogP) is 8.11. The number of rotatable bonds is 17. The van der Waals surface area contributed by atoms with Gasteiger partial charge in [0.25, 0.3) is 0 Å². The second-order valence-electron chi connectivity index (χ2n) is 12.6. The van der Waals surface area contributed by atoms with Gasteiger partial charge in [0.1, 0.15) is 18.5 Å². The van der Waals surface area contributed by atoms with E-state index in [1.807, 2.05) is 20.8 Å². The van der Waals surface area contributed by atoms with Gasteiger partial charge in [-0.15, -0.1) is 0 Å². The first-order valence-corrected chi connectivity index (χ1v) is 15.3. The van der Waals surface area contributed by atoms with Gasteiger partial charge < -0.3 is 24.3 Å². The maximum Gasteiger partial charge on any atom is 0.460 e. The van der Waals surface area contributed by atoms with Crippen molar-refractivity contribution < 1.29 is 68.1 Å². The minimum absolute atomic E-state index is 0.0127. The molecule has 1 aromatic rings. The van der Waals surface area contributed by atoms with Crippen LogP contribution in [0.2, 0.25) is 0 Å². The molecule has 7 nitrogen and oxygen atoms in total. The van der Waals surface area contributed by atoms with Crippen molar-refractivity contribution in [2.45, 2.75) is 115 Å². The van der Waals surface area contributed by atoms with Crippen molar-refractivity contribution in [2.24, 2.45) is 5.41 Å². The summed E-state index contributed by atoms with van der Waals surface area (Å²) in [5.74, 6) is -21.2. The van der Waals surface area contributed by atoms with Crippen LogP contribution in [0.5, 0.6) is 5.75 Å². The summed E-state index contributed by atoms with van der Waals surface area (Å²) >= 11 is 0. The first kappa shape index (κ1) is 41.2. The Bertz CT molecular complexity index is 1230. The maximum absolute atomic E-state index is 13.7. The van der Waals surface area contributed by atoms with Crippen LogP contribution in [0, 0.1) is 5.41 Å². The van der Waals surface area contributed by atoms with Crippen molar-refractivity contribution in [3.05, 3.63) is 35.9 Å². The van der Waals surface area contributed by atoms with Crippen molar-refractivity contribution in [3.63, 3.8) is 0 Å². The number of ether oxygens (including phenoxy) is 4. The molecule has 0 bridgehead atoms. The number of nitrogens with one attached hydrogen (secondary N) is 1. The first-order chi connectivity index (χ1) is 21.9. The molecule has 0 spiro atoms. The molecule has 0 aliphatic heterocycles. The van der Waals surface area contributed by atoms with E-state index in [9.17, 15) is 49.1 Å². The van der Waals surface area contributed by atoms with Crippen molar-refractivity contribution in [2.75, 3.05) is 19.8 Å². The molecule has 1 aliphatic rings. The highest BCUT2D eigenvalue weighted by molar-refractivity contribution is 5.87. The summed E-state index contributed by atoms with van der Waals surface area (Å²) < 4.78 is 138. The van der Waals surface area contributed by atoms with E-state index in [-0.39, 0.29) is 31.3 Å². The van der Waals surface area contributed by atoms with Gasteiger partial charge in [0.15, 0.2) is 5.79 Å². The average molecular weight is 708 g/mol. The third kappa shape index (κ3) is 11.3. The Labute approximate surface area is 273 Å². The van der Waals surface area contributed by atoms with Gasteiger partial charge in [0.05, 0.1) is 13.2 Å². The number of hydrogen-bond donors (Lipinski definition) is 1. The smallest absolute Gasteiger partial charge is 0.460 e. The number of amides is 1. The van der Waals surface area contributed by atoms with Gasteiger partial charge in [-0.05, 0) is 69.7 Å². The van der Waals surface area contributed by atoms with E-state index in [1.54, 1.807) is 30.3 Å². The highest BCUT2D eigenvalue weighted by Crippen LogP contribution is 2.54. The summed E-state index contributed by atoms with van der Waals surface area (Å²) in [6.45, 7) is 6.53. The van der Waals surface area contributed by atoms with E-state index in [0.29, 0.717) is 37.0 Å². The number of esters is 1. The summed E-state index contributed by atoms with van der Waals surface area (Å²) in [6.07, 6.45) is -2.99. The van der Waals surface area contributed by atoms with Crippen LogP contribution in [0.15, 0.2) is 30.3 Å². The number of benzene rings is 1. The maximum atomic E-state index is 13.7. The van der Waals surface area contributed by atoms with Crippen LogP contribution >= 0.6 is 0 Å². The van der Waals surface area contributed by atoms with Crippen molar-refractivity contribution in [3.8, 4) is 5.75 Å². The van der Waals surface area contributed by atoms with E-state index in [1.165, 1.54) is 19.9 Å². The van der Waals surface area contributed by atoms with Crippen LogP contribution in [0.1, 0.15) is 78.7 Å². The fourth-order valence-corrected chi connectivity index (χ4v) is 4.39. The van der Waals surface area contributed by atoms with Crippen LogP contribution in [-0.4, -0.2) is 73.6 Å². The Kier molecular flexibility index (Phi) is 13.8. The first-order valence-electron chi connectivity index (χ1n) is 15.3. The predicted molar refractivity (Wildman–Crippen MR) is 157 cm³/mol. The Morgan fingerprint density at radius 3 is 1.92 bits per heavy atom. The molecule has 0 heterocycles. The lowest BCUT2D eigenvalue weighted by Gasteiger charge is -2.34. The molecule has 1 saturated carbocycles. The fourth-order valence-electron chi connectivity index (χ4n) is 4.39. The highest BCUT2D eigenvalue weighted by Gasteiger charge is 2.81. The van der Waals surface area contributed by atoms with Gasteiger partial charge in [0, 0.05) is 24.0 Å². The molecule has 1 fully saturated rings. The lowest BCUT2D eigenvalue weighted by Crippen LogP contribution is -2.61. The molecule has 274 valence electrons. The molecule has 0 atom stereocenters. The van der Waals surface area contributed by atoms with Crippen LogP contribution in [0.25, 0.3) is 6.08 Å². The molecule has 48 heavy (non-hydrogen) atoms. The second kappa shape index (κ2) is 16.1. The summed E-state index contributed by atoms with van der Waals surface area (Å²) in [5.41, 5.74) is 0.219. The van der Waals surface area contributed by atoms with E-state index in [0.717, 1.165) is 6.42 Å². The van der Waals surface area contributed by atoms with Crippen LogP contribution in [0.4, 0.5) is 39.5 Å². The molecule has 2 rings (SSSR count). The molecule has 1 aliphatic carbocycles.